The zero-order chi connectivity index (χ0) is 22.8. The SMILES string of the molecule is COc1ccc(-c2c(-c3ccc(C#N)c(F)c3)cc(N3CCC(C)CC3)c(=O)n2C)cc1. The Bertz CT molecular complexity index is 1230. The smallest absolute Gasteiger partial charge is 0.274 e. The number of rotatable bonds is 4. The molecule has 1 aromatic heterocycles. The Labute approximate surface area is 187 Å². The second kappa shape index (κ2) is 8.88. The van der Waals surface area contributed by atoms with Crippen LogP contribution in [-0.2, 0) is 7.05 Å². The minimum absolute atomic E-state index is 0.00481. The van der Waals surface area contributed by atoms with Crippen LogP contribution in [0.3, 0.4) is 0 Å². The second-order valence-corrected chi connectivity index (χ2v) is 8.36. The van der Waals surface area contributed by atoms with Gasteiger partial charge in [-0.05, 0) is 72.4 Å². The summed E-state index contributed by atoms with van der Waals surface area (Å²) in [5.41, 5.74) is 3.41. The van der Waals surface area contributed by atoms with Crippen molar-refractivity contribution >= 4 is 5.69 Å². The predicted octanol–water partition coefficient (Wildman–Crippen LogP) is 4.97. The first-order valence-corrected chi connectivity index (χ1v) is 10.8. The monoisotopic (exact) mass is 431 g/mol. The number of pyridine rings is 1. The van der Waals surface area contributed by atoms with Crippen molar-refractivity contribution < 1.29 is 9.13 Å². The number of nitriles is 1. The highest BCUT2D eigenvalue weighted by molar-refractivity contribution is 5.84. The average Bonchev–Trinajstić information content (AvgIpc) is 2.81. The summed E-state index contributed by atoms with van der Waals surface area (Å²) in [5.74, 6) is 0.775. The third-order valence-electron chi connectivity index (χ3n) is 6.28. The standard InChI is InChI=1S/C26H26FN3O2/c1-17-10-12-30(13-11-17)24-15-22(19-4-5-20(16-28)23(27)14-19)25(29(2)26(24)31)18-6-8-21(32-3)9-7-18/h4-9,14-15,17H,10-13H2,1-3H3. The van der Waals surface area contributed by atoms with Gasteiger partial charge >= 0.3 is 0 Å². The molecule has 0 spiro atoms. The number of ether oxygens (including phenoxy) is 1. The van der Waals surface area contributed by atoms with Crippen LogP contribution in [0, 0.1) is 23.1 Å². The van der Waals surface area contributed by atoms with Crippen LogP contribution in [0.2, 0.25) is 0 Å². The molecule has 0 radical (unpaired) electrons. The zero-order valence-electron chi connectivity index (χ0n) is 18.6. The van der Waals surface area contributed by atoms with E-state index in [1.807, 2.05) is 36.4 Å². The summed E-state index contributed by atoms with van der Waals surface area (Å²) < 4.78 is 21.4. The molecule has 5 nitrogen and oxygen atoms in total. The first-order valence-electron chi connectivity index (χ1n) is 10.8. The minimum Gasteiger partial charge on any atom is -0.497 e. The maximum atomic E-state index is 14.5. The Morgan fingerprint density at radius 1 is 1.06 bits per heavy atom. The van der Waals surface area contributed by atoms with Crippen molar-refractivity contribution in [2.24, 2.45) is 13.0 Å². The summed E-state index contributed by atoms with van der Waals surface area (Å²) in [4.78, 5) is 15.5. The van der Waals surface area contributed by atoms with Crippen molar-refractivity contribution in [3.05, 3.63) is 70.3 Å². The highest BCUT2D eigenvalue weighted by Gasteiger charge is 2.23. The number of benzene rings is 2. The normalized spacial score (nSPS) is 14.3. The molecular formula is C26H26FN3O2. The van der Waals surface area contributed by atoms with E-state index in [1.54, 1.807) is 24.8 Å². The van der Waals surface area contributed by atoms with Crippen LogP contribution in [-0.4, -0.2) is 24.8 Å². The average molecular weight is 432 g/mol. The minimum atomic E-state index is -0.576. The molecule has 6 heteroatoms. The van der Waals surface area contributed by atoms with E-state index in [0.29, 0.717) is 28.6 Å². The fourth-order valence-corrected chi connectivity index (χ4v) is 4.29. The number of piperidine rings is 1. The van der Waals surface area contributed by atoms with Gasteiger partial charge in [-0.25, -0.2) is 4.39 Å². The van der Waals surface area contributed by atoms with Crippen molar-refractivity contribution in [2.75, 3.05) is 25.1 Å². The Morgan fingerprint density at radius 2 is 1.72 bits per heavy atom. The first-order chi connectivity index (χ1) is 15.4. The number of hydrogen-bond donors (Lipinski definition) is 0. The van der Waals surface area contributed by atoms with Gasteiger partial charge in [-0.1, -0.05) is 13.0 Å². The van der Waals surface area contributed by atoms with E-state index >= 15 is 0 Å². The maximum absolute atomic E-state index is 14.5. The largest absolute Gasteiger partial charge is 0.497 e. The molecule has 0 N–H and O–H groups in total. The molecule has 32 heavy (non-hydrogen) atoms. The van der Waals surface area contributed by atoms with Gasteiger partial charge in [0.05, 0.1) is 18.4 Å². The summed E-state index contributed by atoms with van der Waals surface area (Å²) >= 11 is 0. The lowest BCUT2D eigenvalue weighted by atomic mass is 9.95. The molecule has 164 valence electrons. The molecule has 0 bridgehead atoms. The predicted molar refractivity (Wildman–Crippen MR) is 124 cm³/mol. The van der Waals surface area contributed by atoms with E-state index in [2.05, 4.69) is 11.8 Å². The molecule has 0 saturated carbocycles. The topological polar surface area (TPSA) is 58.3 Å². The van der Waals surface area contributed by atoms with Gasteiger partial charge in [-0.3, -0.25) is 4.79 Å². The summed E-state index contributed by atoms with van der Waals surface area (Å²) in [6.45, 7) is 3.87. The number of hydrogen-bond acceptors (Lipinski definition) is 4. The van der Waals surface area contributed by atoms with Crippen molar-refractivity contribution in [3.63, 3.8) is 0 Å². The van der Waals surface area contributed by atoms with E-state index in [-0.39, 0.29) is 11.1 Å². The Hall–Kier alpha value is -3.59. The van der Waals surface area contributed by atoms with Crippen LogP contribution < -0.4 is 15.2 Å². The number of aromatic nitrogens is 1. The van der Waals surface area contributed by atoms with Crippen LogP contribution >= 0.6 is 0 Å². The van der Waals surface area contributed by atoms with Crippen molar-refractivity contribution in [2.45, 2.75) is 19.8 Å². The van der Waals surface area contributed by atoms with Gasteiger partial charge in [0.25, 0.3) is 5.56 Å². The third kappa shape index (κ3) is 3.99. The molecular weight excluding hydrogens is 405 g/mol. The number of nitrogens with zero attached hydrogens (tertiary/aromatic N) is 3. The summed E-state index contributed by atoms with van der Waals surface area (Å²) in [5, 5.41) is 9.12. The Morgan fingerprint density at radius 3 is 2.31 bits per heavy atom. The quantitative estimate of drug-likeness (QED) is 0.585. The van der Waals surface area contributed by atoms with E-state index in [9.17, 15) is 9.18 Å². The highest BCUT2D eigenvalue weighted by atomic mass is 19.1. The lowest BCUT2D eigenvalue weighted by molar-refractivity contribution is 0.415. The van der Waals surface area contributed by atoms with Gasteiger partial charge < -0.3 is 14.2 Å². The van der Waals surface area contributed by atoms with Gasteiger partial charge in [-0.15, -0.1) is 0 Å². The van der Waals surface area contributed by atoms with Crippen LogP contribution in [0.15, 0.2) is 53.3 Å². The van der Waals surface area contributed by atoms with Gasteiger partial charge in [0, 0.05) is 25.7 Å². The van der Waals surface area contributed by atoms with Crippen LogP contribution in [0.4, 0.5) is 10.1 Å². The molecule has 2 heterocycles. The van der Waals surface area contributed by atoms with Crippen LogP contribution in [0.1, 0.15) is 25.3 Å². The zero-order valence-corrected chi connectivity index (χ0v) is 18.6. The highest BCUT2D eigenvalue weighted by Crippen LogP contribution is 2.35. The fourth-order valence-electron chi connectivity index (χ4n) is 4.29. The molecule has 3 aromatic rings. The molecule has 0 atom stereocenters. The Kier molecular flexibility index (Phi) is 6.00. The molecule has 4 rings (SSSR count). The molecule has 2 aromatic carbocycles. The van der Waals surface area contributed by atoms with Gasteiger partial charge in [0.2, 0.25) is 0 Å². The van der Waals surface area contributed by atoms with Crippen molar-refractivity contribution in [1.29, 1.82) is 5.26 Å². The summed E-state index contributed by atoms with van der Waals surface area (Å²) in [7, 11) is 3.35. The number of methoxy groups -OCH3 is 1. The summed E-state index contributed by atoms with van der Waals surface area (Å²) in [6, 6.07) is 15.8. The molecule has 1 saturated heterocycles. The van der Waals surface area contributed by atoms with E-state index in [1.165, 1.54) is 12.1 Å². The second-order valence-electron chi connectivity index (χ2n) is 8.36. The molecule has 1 aliphatic heterocycles. The van der Waals surface area contributed by atoms with Gasteiger partial charge in [0.15, 0.2) is 0 Å². The summed E-state index contributed by atoms with van der Waals surface area (Å²) in [6.07, 6.45) is 2.06. The van der Waals surface area contributed by atoms with Crippen LogP contribution in [0.5, 0.6) is 5.75 Å². The van der Waals surface area contributed by atoms with E-state index in [4.69, 9.17) is 10.00 Å². The van der Waals surface area contributed by atoms with Crippen molar-refractivity contribution in [3.8, 4) is 34.2 Å². The number of anilines is 1. The molecule has 1 fully saturated rings. The van der Waals surface area contributed by atoms with Gasteiger partial charge in [0.1, 0.15) is 23.3 Å². The molecule has 1 aliphatic rings. The molecule has 0 amide bonds. The lowest BCUT2D eigenvalue weighted by Crippen LogP contribution is -2.37. The lowest BCUT2D eigenvalue weighted by Gasteiger charge is -2.32. The number of halogens is 1. The molecule has 0 unspecified atom stereocenters. The van der Waals surface area contributed by atoms with E-state index in [0.717, 1.165) is 37.1 Å². The van der Waals surface area contributed by atoms with Gasteiger partial charge in [-0.2, -0.15) is 5.26 Å². The van der Waals surface area contributed by atoms with Crippen molar-refractivity contribution in [1.82, 2.24) is 4.57 Å². The molecule has 0 aliphatic carbocycles. The third-order valence-corrected chi connectivity index (χ3v) is 6.28. The first kappa shape index (κ1) is 21.6. The van der Waals surface area contributed by atoms with E-state index < -0.39 is 5.82 Å². The van der Waals surface area contributed by atoms with Crippen LogP contribution in [0.25, 0.3) is 22.4 Å². The Balaban J connectivity index is 1.93. The fraction of sp³-hybridized carbons (Fsp3) is 0.308. The maximum Gasteiger partial charge on any atom is 0.274 e.